The molecule has 2 aromatic carbocycles. The number of aryl methyl sites for hydroxylation is 2. The van der Waals surface area contributed by atoms with E-state index in [1.54, 1.807) is 18.2 Å². The molecule has 0 saturated heterocycles. The van der Waals surface area contributed by atoms with E-state index in [1.165, 1.54) is 18.2 Å². The molecular weight excluding hydrogens is 225 g/mol. The van der Waals surface area contributed by atoms with E-state index in [1.807, 2.05) is 0 Å². The summed E-state index contributed by atoms with van der Waals surface area (Å²) in [5.41, 5.74) is 1.70. The Labute approximate surface area is 97.7 Å². The molecule has 0 atom stereocenters. The average molecular weight is 236 g/mol. The molecule has 0 aromatic heterocycles. The van der Waals surface area contributed by atoms with E-state index in [9.17, 15) is 13.2 Å². The Balaban J connectivity index is 2.02. The summed E-state index contributed by atoms with van der Waals surface area (Å²) in [4.78, 5) is 0. The van der Waals surface area contributed by atoms with Gasteiger partial charge in [0.05, 0.1) is 0 Å². The molecule has 3 heteroatoms. The summed E-state index contributed by atoms with van der Waals surface area (Å²) in [6.07, 6.45) is 1.27. The molecule has 0 saturated carbocycles. The van der Waals surface area contributed by atoms with E-state index in [2.05, 4.69) is 0 Å². The lowest BCUT2D eigenvalue weighted by atomic mass is 10.0. The van der Waals surface area contributed by atoms with Gasteiger partial charge in [0, 0.05) is 0 Å². The summed E-state index contributed by atoms with van der Waals surface area (Å²) in [6.45, 7) is 0. The third kappa shape index (κ3) is 3.09. The Kier molecular flexibility index (Phi) is 3.47. The van der Waals surface area contributed by atoms with Crippen LogP contribution in [0.3, 0.4) is 0 Å². The van der Waals surface area contributed by atoms with Crippen LogP contribution in [-0.2, 0) is 12.8 Å². The minimum absolute atomic E-state index is 0.276. The summed E-state index contributed by atoms with van der Waals surface area (Å²) in [6, 6.07) is 10.0. The Hall–Kier alpha value is -1.77. The maximum atomic E-state index is 12.9. The van der Waals surface area contributed by atoms with E-state index in [0.29, 0.717) is 12.8 Å². The first-order valence-electron chi connectivity index (χ1n) is 5.33. The quantitative estimate of drug-likeness (QED) is 0.758. The predicted octanol–water partition coefficient (Wildman–Crippen LogP) is 3.89. The van der Waals surface area contributed by atoms with Crippen molar-refractivity contribution in [1.82, 2.24) is 0 Å². The Morgan fingerprint density at radius 2 is 1.24 bits per heavy atom. The standard InChI is InChI=1S/C14H11F3/c15-12-6-3-10(4-7-12)1-2-11-5-8-13(16)14(17)9-11/h3-9H,1-2H2. The normalized spacial score (nSPS) is 10.5. The van der Waals surface area contributed by atoms with Gasteiger partial charge in [-0.1, -0.05) is 18.2 Å². The molecule has 0 aliphatic heterocycles. The second-order valence-corrected chi connectivity index (χ2v) is 3.87. The molecule has 0 nitrogen and oxygen atoms in total. The summed E-state index contributed by atoms with van der Waals surface area (Å²) in [5.74, 6) is -1.95. The van der Waals surface area contributed by atoms with Crippen LogP contribution in [0.4, 0.5) is 13.2 Å². The second-order valence-electron chi connectivity index (χ2n) is 3.87. The maximum absolute atomic E-state index is 12.9. The molecular formula is C14H11F3. The van der Waals surface area contributed by atoms with E-state index in [0.717, 1.165) is 17.2 Å². The lowest BCUT2D eigenvalue weighted by Crippen LogP contribution is -1.94. The van der Waals surface area contributed by atoms with Crippen molar-refractivity contribution >= 4 is 0 Å². The van der Waals surface area contributed by atoms with Crippen LogP contribution in [0, 0.1) is 17.5 Å². The number of rotatable bonds is 3. The monoisotopic (exact) mass is 236 g/mol. The smallest absolute Gasteiger partial charge is 0.159 e. The average Bonchev–Trinajstić information content (AvgIpc) is 2.33. The molecule has 0 spiro atoms. The highest BCUT2D eigenvalue weighted by atomic mass is 19.2. The van der Waals surface area contributed by atoms with Crippen LogP contribution < -0.4 is 0 Å². The molecule has 0 amide bonds. The number of benzene rings is 2. The molecule has 0 N–H and O–H groups in total. The van der Waals surface area contributed by atoms with Gasteiger partial charge in [-0.3, -0.25) is 0 Å². The van der Waals surface area contributed by atoms with Crippen LogP contribution in [0.2, 0.25) is 0 Å². The lowest BCUT2D eigenvalue weighted by Gasteiger charge is -2.03. The van der Waals surface area contributed by atoms with Gasteiger partial charge in [-0.2, -0.15) is 0 Å². The number of hydrogen-bond donors (Lipinski definition) is 0. The van der Waals surface area contributed by atoms with Crippen LogP contribution >= 0.6 is 0 Å². The topological polar surface area (TPSA) is 0 Å². The SMILES string of the molecule is Fc1ccc(CCc2ccc(F)c(F)c2)cc1. The zero-order valence-corrected chi connectivity index (χ0v) is 9.09. The van der Waals surface area contributed by atoms with Gasteiger partial charge in [0.1, 0.15) is 5.82 Å². The van der Waals surface area contributed by atoms with Gasteiger partial charge >= 0.3 is 0 Å². The van der Waals surface area contributed by atoms with Crippen LogP contribution in [0.25, 0.3) is 0 Å². The van der Waals surface area contributed by atoms with Crippen molar-refractivity contribution in [2.45, 2.75) is 12.8 Å². The van der Waals surface area contributed by atoms with Crippen molar-refractivity contribution in [1.29, 1.82) is 0 Å². The van der Waals surface area contributed by atoms with E-state index in [-0.39, 0.29) is 5.82 Å². The molecule has 0 unspecified atom stereocenters. The third-order valence-corrected chi connectivity index (χ3v) is 2.60. The van der Waals surface area contributed by atoms with Crippen molar-refractivity contribution in [2.75, 3.05) is 0 Å². The van der Waals surface area contributed by atoms with Gasteiger partial charge in [-0.25, -0.2) is 13.2 Å². The van der Waals surface area contributed by atoms with E-state index >= 15 is 0 Å². The van der Waals surface area contributed by atoms with Crippen molar-refractivity contribution in [3.8, 4) is 0 Å². The van der Waals surface area contributed by atoms with Gasteiger partial charge in [0.15, 0.2) is 11.6 Å². The first kappa shape index (κ1) is 11.7. The summed E-state index contributed by atoms with van der Waals surface area (Å²) < 4.78 is 38.3. The number of hydrogen-bond acceptors (Lipinski definition) is 0. The van der Waals surface area contributed by atoms with E-state index in [4.69, 9.17) is 0 Å². The molecule has 0 aliphatic carbocycles. The molecule has 0 bridgehead atoms. The fourth-order valence-corrected chi connectivity index (χ4v) is 1.63. The fourth-order valence-electron chi connectivity index (χ4n) is 1.63. The van der Waals surface area contributed by atoms with Crippen molar-refractivity contribution < 1.29 is 13.2 Å². The van der Waals surface area contributed by atoms with Gasteiger partial charge in [-0.05, 0) is 48.2 Å². The third-order valence-electron chi connectivity index (χ3n) is 2.60. The molecule has 0 radical (unpaired) electrons. The van der Waals surface area contributed by atoms with Gasteiger partial charge in [0.2, 0.25) is 0 Å². The van der Waals surface area contributed by atoms with Crippen molar-refractivity contribution in [3.05, 3.63) is 71.0 Å². The fraction of sp³-hybridized carbons (Fsp3) is 0.143. The van der Waals surface area contributed by atoms with Crippen molar-refractivity contribution in [3.63, 3.8) is 0 Å². The van der Waals surface area contributed by atoms with Gasteiger partial charge < -0.3 is 0 Å². The molecule has 0 aliphatic rings. The molecule has 2 rings (SSSR count). The summed E-state index contributed by atoms with van der Waals surface area (Å²) in [7, 11) is 0. The van der Waals surface area contributed by atoms with Crippen LogP contribution in [-0.4, -0.2) is 0 Å². The Morgan fingerprint density at radius 3 is 1.88 bits per heavy atom. The highest BCUT2D eigenvalue weighted by Gasteiger charge is 2.02. The molecule has 2 aromatic rings. The number of halogens is 3. The largest absolute Gasteiger partial charge is 0.207 e. The lowest BCUT2D eigenvalue weighted by molar-refractivity contribution is 0.507. The molecule has 0 heterocycles. The Bertz CT molecular complexity index is 503. The first-order chi connectivity index (χ1) is 8.15. The zero-order valence-electron chi connectivity index (χ0n) is 9.09. The molecule has 88 valence electrons. The van der Waals surface area contributed by atoms with Crippen LogP contribution in [0.15, 0.2) is 42.5 Å². The maximum Gasteiger partial charge on any atom is 0.159 e. The predicted molar refractivity (Wildman–Crippen MR) is 60.2 cm³/mol. The van der Waals surface area contributed by atoms with E-state index < -0.39 is 11.6 Å². The van der Waals surface area contributed by atoms with Crippen LogP contribution in [0.5, 0.6) is 0 Å². The van der Waals surface area contributed by atoms with Crippen molar-refractivity contribution in [2.24, 2.45) is 0 Å². The zero-order chi connectivity index (χ0) is 12.3. The van der Waals surface area contributed by atoms with Gasteiger partial charge in [0.25, 0.3) is 0 Å². The minimum Gasteiger partial charge on any atom is -0.207 e. The first-order valence-corrected chi connectivity index (χ1v) is 5.33. The van der Waals surface area contributed by atoms with Gasteiger partial charge in [-0.15, -0.1) is 0 Å². The Morgan fingerprint density at radius 1 is 0.647 bits per heavy atom. The highest BCUT2D eigenvalue weighted by Crippen LogP contribution is 2.12. The highest BCUT2D eigenvalue weighted by molar-refractivity contribution is 5.21. The molecule has 0 fully saturated rings. The molecule has 17 heavy (non-hydrogen) atoms. The summed E-state index contributed by atoms with van der Waals surface area (Å²) in [5, 5.41) is 0. The second kappa shape index (κ2) is 5.04. The van der Waals surface area contributed by atoms with Crippen LogP contribution in [0.1, 0.15) is 11.1 Å². The summed E-state index contributed by atoms with van der Waals surface area (Å²) >= 11 is 0. The minimum atomic E-state index is -0.837.